The van der Waals surface area contributed by atoms with Gasteiger partial charge in [0.25, 0.3) is 5.91 Å². The molecule has 1 atom stereocenters. The number of nitrogens with one attached hydrogen (secondary N) is 3. The molecule has 1 aromatic carbocycles. The van der Waals surface area contributed by atoms with Crippen LogP contribution >= 0.6 is 11.6 Å². The summed E-state index contributed by atoms with van der Waals surface area (Å²) in [6.45, 7) is 4.57. The first-order chi connectivity index (χ1) is 17.3. The number of hydrogen-bond donors (Lipinski definition) is 4. The molecule has 0 bridgehead atoms. The van der Waals surface area contributed by atoms with Crippen molar-refractivity contribution in [3.63, 3.8) is 0 Å². The summed E-state index contributed by atoms with van der Waals surface area (Å²) in [5, 5.41) is 16.4. The number of aromatic amines is 1. The second kappa shape index (κ2) is 10.8. The number of H-pyrrole nitrogens is 1. The number of para-hydroxylation sites is 1. The Balaban J connectivity index is 1.88. The van der Waals surface area contributed by atoms with Gasteiger partial charge >= 0.3 is 0 Å². The Morgan fingerprint density at radius 1 is 1.28 bits per heavy atom. The van der Waals surface area contributed by atoms with Gasteiger partial charge in [-0.25, -0.2) is 0 Å². The second-order valence-electron chi connectivity index (χ2n) is 9.15. The number of pyridine rings is 1. The zero-order valence-corrected chi connectivity index (χ0v) is 21.5. The SMILES string of the molecule is COc1c(Cl)cccc1Nc1c(-c2ccncc2OCC(C)(C)OC)[nH]c2c1C(=O)NC[C@@H]2CCO. The van der Waals surface area contributed by atoms with Crippen LogP contribution in [0.25, 0.3) is 11.3 Å². The number of anilines is 2. The van der Waals surface area contributed by atoms with Gasteiger partial charge in [0.2, 0.25) is 0 Å². The van der Waals surface area contributed by atoms with Crippen LogP contribution in [0.3, 0.4) is 0 Å². The van der Waals surface area contributed by atoms with Gasteiger partial charge in [0, 0.05) is 43.6 Å². The Morgan fingerprint density at radius 2 is 2.08 bits per heavy atom. The van der Waals surface area contributed by atoms with Crippen molar-refractivity contribution in [2.24, 2.45) is 0 Å². The number of fused-ring (bicyclic) bond motifs is 1. The van der Waals surface area contributed by atoms with Gasteiger partial charge in [0.1, 0.15) is 12.4 Å². The maximum Gasteiger partial charge on any atom is 0.255 e. The number of carbonyl (C=O) groups excluding carboxylic acids is 1. The minimum Gasteiger partial charge on any atom is -0.493 e. The van der Waals surface area contributed by atoms with Gasteiger partial charge in [-0.15, -0.1) is 0 Å². The van der Waals surface area contributed by atoms with E-state index in [2.05, 4.69) is 20.6 Å². The van der Waals surface area contributed by atoms with Gasteiger partial charge in [-0.05, 0) is 38.5 Å². The van der Waals surface area contributed by atoms with Gasteiger partial charge in [-0.1, -0.05) is 17.7 Å². The van der Waals surface area contributed by atoms with Crippen molar-refractivity contribution >= 4 is 28.9 Å². The summed E-state index contributed by atoms with van der Waals surface area (Å²) in [5.74, 6) is 0.678. The topological polar surface area (TPSA) is 118 Å². The van der Waals surface area contributed by atoms with E-state index in [1.807, 2.05) is 26.0 Å². The number of amides is 1. The number of hydrogen-bond acceptors (Lipinski definition) is 7. The number of benzene rings is 1. The molecule has 3 heterocycles. The fourth-order valence-electron chi connectivity index (χ4n) is 4.16. The Bertz CT molecular complexity index is 1240. The molecular formula is C26H31ClN4O5. The summed E-state index contributed by atoms with van der Waals surface area (Å²) in [5.41, 5.74) is 3.21. The van der Waals surface area contributed by atoms with Gasteiger partial charge in [0.15, 0.2) is 5.75 Å². The average Bonchev–Trinajstić information content (AvgIpc) is 3.25. The number of aliphatic hydroxyl groups is 1. The molecule has 0 unspecified atom stereocenters. The van der Waals surface area contributed by atoms with Crippen LogP contribution in [0.4, 0.5) is 11.4 Å². The van der Waals surface area contributed by atoms with E-state index < -0.39 is 5.60 Å². The first-order valence-electron chi connectivity index (χ1n) is 11.7. The number of methoxy groups -OCH3 is 2. The molecule has 0 aliphatic carbocycles. The van der Waals surface area contributed by atoms with Crippen LogP contribution in [0.2, 0.25) is 5.02 Å². The monoisotopic (exact) mass is 514 g/mol. The van der Waals surface area contributed by atoms with E-state index in [4.69, 9.17) is 25.8 Å². The highest BCUT2D eigenvalue weighted by atomic mass is 35.5. The standard InChI is InChI=1S/C26H31ClN4O5/c1-26(2,35-4)14-36-19-13-28-10-8-16(19)22-23(30-18-7-5-6-17(27)24(18)34-3)20-21(31-22)15(9-11-32)12-29-25(20)33/h5-8,10,13,15,30-32H,9,11-12,14H2,1-4H3,(H,29,33)/t15-/m0/s1. The molecule has 10 heteroatoms. The van der Waals surface area contributed by atoms with Crippen LogP contribution in [0.15, 0.2) is 36.7 Å². The number of rotatable bonds is 10. The molecule has 0 radical (unpaired) electrons. The zero-order chi connectivity index (χ0) is 25.9. The fraction of sp³-hybridized carbons (Fsp3) is 0.385. The first-order valence-corrected chi connectivity index (χ1v) is 12.0. The van der Waals surface area contributed by atoms with Crippen LogP contribution in [0.1, 0.15) is 42.2 Å². The predicted octanol–water partition coefficient (Wildman–Crippen LogP) is 4.50. The molecule has 3 aromatic rings. The van der Waals surface area contributed by atoms with Crippen LogP contribution in [-0.2, 0) is 4.74 Å². The molecule has 9 nitrogen and oxygen atoms in total. The highest BCUT2D eigenvalue weighted by Gasteiger charge is 2.33. The molecule has 0 saturated heterocycles. The van der Waals surface area contributed by atoms with E-state index >= 15 is 0 Å². The molecular weight excluding hydrogens is 484 g/mol. The van der Waals surface area contributed by atoms with Crippen molar-refractivity contribution in [1.29, 1.82) is 0 Å². The van der Waals surface area contributed by atoms with Crippen molar-refractivity contribution in [1.82, 2.24) is 15.3 Å². The molecule has 36 heavy (non-hydrogen) atoms. The highest BCUT2D eigenvalue weighted by molar-refractivity contribution is 6.32. The summed E-state index contributed by atoms with van der Waals surface area (Å²) in [6, 6.07) is 7.18. The van der Waals surface area contributed by atoms with Crippen LogP contribution in [0.5, 0.6) is 11.5 Å². The summed E-state index contributed by atoms with van der Waals surface area (Å²) in [7, 11) is 3.17. The molecule has 0 saturated carbocycles. The second-order valence-corrected chi connectivity index (χ2v) is 9.56. The smallest absolute Gasteiger partial charge is 0.255 e. The largest absolute Gasteiger partial charge is 0.493 e. The summed E-state index contributed by atoms with van der Waals surface area (Å²) >= 11 is 6.37. The first kappa shape index (κ1) is 25.8. The quantitative estimate of drug-likeness (QED) is 0.315. The third kappa shape index (κ3) is 5.13. The summed E-state index contributed by atoms with van der Waals surface area (Å²) < 4.78 is 17.2. The third-order valence-corrected chi connectivity index (χ3v) is 6.56. The Labute approximate surface area is 215 Å². The molecule has 1 aliphatic rings. The van der Waals surface area contributed by atoms with Crippen molar-refractivity contribution < 1.29 is 24.1 Å². The minimum absolute atomic E-state index is 0.00503. The molecule has 4 rings (SSSR count). The lowest BCUT2D eigenvalue weighted by molar-refractivity contribution is -0.0146. The average molecular weight is 515 g/mol. The van der Waals surface area contributed by atoms with Crippen LogP contribution in [-0.4, -0.2) is 60.6 Å². The maximum atomic E-state index is 13.1. The minimum atomic E-state index is -0.510. The van der Waals surface area contributed by atoms with E-state index in [0.717, 1.165) is 5.69 Å². The summed E-state index contributed by atoms with van der Waals surface area (Å²) in [6.07, 6.45) is 3.79. The molecule has 0 fully saturated rings. The molecule has 0 spiro atoms. The van der Waals surface area contributed by atoms with E-state index in [-0.39, 0.29) is 18.4 Å². The Kier molecular flexibility index (Phi) is 7.73. The summed E-state index contributed by atoms with van der Waals surface area (Å²) in [4.78, 5) is 20.8. The van der Waals surface area contributed by atoms with Crippen molar-refractivity contribution in [3.05, 3.63) is 52.9 Å². The lowest BCUT2D eigenvalue weighted by Gasteiger charge is -2.23. The van der Waals surface area contributed by atoms with Gasteiger partial charge in [0.05, 0.1) is 46.6 Å². The molecule has 1 aliphatic heterocycles. The molecule has 2 aromatic heterocycles. The van der Waals surface area contributed by atoms with Crippen LogP contribution in [0, 0.1) is 0 Å². The molecule has 1 amide bonds. The number of ether oxygens (including phenoxy) is 3. The third-order valence-electron chi connectivity index (χ3n) is 6.26. The lowest BCUT2D eigenvalue weighted by atomic mass is 9.94. The number of aliphatic hydroxyl groups excluding tert-OH is 1. The maximum absolute atomic E-state index is 13.1. The van der Waals surface area contributed by atoms with Crippen molar-refractivity contribution in [3.8, 4) is 22.8 Å². The zero-order valence-electron chi connectivity index (χ0n) is 20.8. The van der Waals surface area contributed by atoms with Crippen molar-refractivity contribution in [2.75, 3.05) is 39.3 Å². The number of nitrogens with zero attached hydrogens (tertiary/aromatic N) is 1. The Morgan fingerprint density at radius 3 is 2.81 bits per heavy atom. The lowest BCUT2D eigenvalue weighted by Crippen LogP contribution is -2.35. The Hall–Kier alpha value is -3.27. The number of aromatic nitrogens is 2. The van der Waals surface area contributed by atoms with Gasteiger partial charge < -0.3 is 34.9 Å². The van der Waals surface area contributed by atoms with E-state index in [1.165, 1.54) is 7.11 Å². The van der Waals surface area contributed by atoms with E-state index in [1.54, 1.807) is 31.6 Å². The predicted molar refractivity (Wildman–Crippen MR) is 139 cm³/mol. The van der Waals surface area contributed by atoms with Crippen LogP contribution < -0.4 is 20.1 Å². The van der Waals surface area contributed by atoms with Gasteiger partial charge in [-0.3, -0.25) is 9.78 Å². The highest BCUT2D eigenvalue weighted by Crippen LogP contribution is 2.44. The molecule has 192 valence electrons. The number of halogens is 1. The van der Waals surface area contributed by atoms with E-state index in [0.29, 0.717) is 64.3 Å². The normalized spacial score (nSPS) is 15.3. The van der Waals surface area contributed by atoms with E-state index in [9.17, 15) is 9.90 Å². The van der Waals surface area contributed by atoms with Gasteiger partial charge in [-0.2, -0.15) is 0 Å². The molecule has 4 N–H and O–H groups in total. The fourth-order valence-corrected chi connectivity index (χ4v) is 4.41. The van der Waals surface area contributed by atoms with Crippen molar-refractivity contribution in [2.45, 2.75) is 31.8 Å². The number of carbonyl (C=O) groups is 1.